The van der Waals surface area contributed by atoms with Crippen molar-refractivity contribution in [3.63, 3.8) is 0 Å². The lowest BCUT2D eigenvalue weighted by Gasteiger charge is -2.21. The molecule has 2 rings (SSSR count). The third-order valence-corrected chi connectivity index (χ3v) is 3.79. The minimum Gasteiger partial charge on any atom is -0.378 e. The van der Waals surface area contributed by atoms with Crippen LogP contribution in [0.3, 0.4) is 0 Å². The van der Waals surface area contributed by atoms with Gasteiger partial charge in [0.15, 0.2) is 0 Å². The molecule has 0 aliphatic carbocycles. The van der Waals surface area contributed by atoms with Gasteiger partial charge in [0.1, 0.15) is 0 Å². The largest absolute Gasteiger partial charge is 0.378 e. The van der Waals surface area contributed by atoms with Crippen molar-refractivity contribution in [1.29, 1.82) is 0 Å². The maximum Gasteiger partial charge on any atom is 0.241 e. The van der Waals surface area contributed by atoms with E-state index in [0.29, 0.717) is 6.54 Å². The van der Waals surface area contributed by atoms with Gasteiger partial charge in [-0.25, -0.2) is 0 Å². The average molecular weight is 275 g/mol. The zero-order chi connectivity index (χ0) is 14.4. The fraction of sp³-hybridized carbons (Fsp3) is 0.562. The number of amides is 1. The molecule has 20 heavy (non-hydrogen) atoms. The summed E-state index contributed by atoms with van der Waals surface area (Å²) in [6.45, 7) is 2.22. The van der Waals surface area contributed by atoms with Gasteiger partial charge in [-0.05, 0) is 37.1 Å². The normalized spacial score (nSPS) is 15.6. The molecule has 1 N–H and O–H groups in total. The fourth-order valence-corrected chi connectivity index (χ4v) is 2.49. The maximum absolute atomic E-state index is 12.2. The lowest BCUT2D eigenvalue weighted by molar-refractivity contribution is -0.129. The first-order valence-electron chi connectivity index (χ1n) is 7.46. The van der Waals surface area contributed by atoms with Crippen molar-refractivity contribution < 1.29 is 4.79 Å². The molecule has 1 aromatic rings. The van der Waals surface area contributed by atoms with Gasteiger partial charge in [-0.1, -0.05) is 12.8 Å². The van der Waals surface area contributed by atoms with Crippen molar-refractivity contribution in [1.82, 2.24) is 4.90 Å². The SMILES string of the molecule is CN(C)c1ccc(NCC(=O)N2CCCCCC2)cc1. The van der Waals surface area contributed by atoms with Gasteiger partial charge >= 0.3 is 0 Å². The molecule has 1 aromatic carbocycles. The van der Waals surface area contributed by atoms with Crippen LogP contribution in [-0.4, -0.2) is 44.5 Å². The number of carbonyl (C=O) groups excluding carboxylic acids is 1. The molecule has 4 heteroatoms. The zero-order valence-corrected chi connectivity index (χ0v) is 12.6. The standard InChI is InChI=1S/C16H25N3O/c1-18(2)15-9-7-14(8-10-15)17-13-16(20)19-11-5-3-4-6-12-19/h7-10,17H,3-6,11-13H2,1-2H3. The minimum absolute atomic E-state index is 0.212. The number of hydrogen-bond donors (Lipinski definition) is 1. The Kier molecular flexibility index (Phi) is 5.27. The first kappa shape index (κ1) is 14.7. The molecule has 4 nitrogen and oxygen atoms in total. The third kappa shape index (κ3) is 4.15. The third-order valence-electron chi connectivity index (χ3n) is 3.79. The van der Waals surface area contributed by atoms with E-state index >= 15 is 0 Å². The summed E-state index contributed by atoms with van der Waals surface area (Å²) in [5.41, 5.74) is 2.16. The molecule has 1 amide bonds. The summed E-state index contributed by atoms with van der Waals surface area (Å²) in [6, 6.07) is 8.15. The molecule has 0 aromatic heterocycles. The van der Waals surface area contributed by atoms with E-state index in [1.165, 1.54) is 12.8 Å². The average Bonchev–Trinajstić information content (AvgIpc) is 2.74. The Morgan fingerprint density at radius 3 is 2.25 bits per heavy atom. The molecular weight excluding hydrogens is 250 g/mol. The highest BCUT2D eigenvalue weighted by Crippen LogP contribution is 2.15. The van der Waals surface area contributed by atoms with E-state index in [1.807, 2.05) is 31.1 Å². The molecule has 0 bridgehead atoms. The van der Waals surface area contributed by atoms with Crippen molar-refractivity contribution in [2.45, 2.75) is 25.7 Å². The summed E-state index contributed by atoms with van der Waals surface area (Å²) < 4.78 is 0. The number of nitrogens with one attached hydrogen (secondary N) is 1. The molecule has 1 heterocycles. The highest BCUT2D eigenvalue weighted by molar-refractivity contribution is 5.81. The van der Waals surface area contributed by atoms with Crippen LogP contribution in [0.1, 0.15) is 25.7 Å². The minimum atomic E-state index is 0.212. The summed E-state index contributed by atoms with van der Waals surface area (Å²) >= 11 is 0. The van der Waals surface area contributed by atoms with Crippen LogP contribution < -0.4 is 10.2 Å². The lowest BCUT2D eigenvalue weighted by Crippen LogP contribution is -2.36. The Hall–Kier alpha value is -1.71. The van der Waals surface area contributed by atoms with Crippen molar-refractivity contribution in [3.8, 4) is 0 Å². The van der Waals surface area contributed by atoms with Gasteiger partial charge in [-0.15, -0.1) is 0 Å². The Balaban J connectivity index is 1.83. The van der Waals surface area contributed by atoms with Crippen LogP contribution in [0.4, 0.5) is 11.4 Å². The van der Waals surface area contributed by atoms with Crippen LogP contribution in [-0.2, 0) is 4.79 Å². The van der Waals surface area contributed by atoms with E-state index in [1.54, 1.807) is 0 Å². The molecule has 0 spiro atoms. The monoisotopic (exact) mass is 275 g/mol. The number of hydrogen-bond acceptors (Lipinski definition) is 3. The molecule has 1 aliphatic rings. The van der Waals surface area contributed by atoms with E-state index in [4.69, 9.17) is 0 Å². The van der Waals surface area contributed by atoms with Crippen LogP contribution in [0, 0.1) is 0 Å². The van der Waals surface area contributed by atoms with Crippen LogP contribution in [0.15, 0.2) is 24.3 Å². The maximum atomic E-state index is 12.2. The number of benzene rings is 1. The van der Waals surface area contributed by atoms with Crippen LogP contribution >= 0.6 is 0 Å². The van der Waals surface area contributed by atoms with E-state index in [0.717, 1.165) is 37.3 Å². The number of likely N-dealkylation sites (tertiary alicyclic amines) is 1. The quantitative estimate of drug-likeness (QED) is 0.917. The van der Waals surface area contributed by atoms with E-state index in [-0.39, 0.29) is 5.91 Å². The number of anilines is 2. The van der Waals surface area contributed by atoms with Crippen molar-refractivity contribution >= 4 is 17.3 Å². The number of nitrogens with zero attached hydrogens (tertiary/aromatic N) is 2. The molecular formula is C16H25N3O. The van der Waals surface area contributed by atoms with Gasteiger partial charge in [0.2, 0.25) is 5.91 Å². The number of rotatable bonds is 4. The summed E-state index contributed by atoms with van der Waals surface area (Å²) in [5.74, 6) is 0.212. The molecule has 0 saturated carbocycles. The van der Waals surface area contributed by atoms with Gasteiger partial charge in [0.25, 0.3) is 0 Å². The zero-order valence-electron chi connectivity index (χ0n) is 12.6. The van der Waals surface area contributed by atoms with Crippen molar-refractivity contribution in [2.24, 2.45) is 0 Å². The fourth-order valence-electron chi connectivity index (χ4n) is 2.49. The Morgan fingerprint density at radius 2 is 1.70 bits per heavy atom. The molecule has 110 valence electrons. The molecule has 0 radical (unpaired) electrons. The highest BCUT2D eigenvalue weighted by atomic mass is 16.2. The van der Waals surface area contributed by atoms with Crippen molar-refractivity contribution in [3.05, 3.63) is 24.3 Å². The lowest BCUT2D eigenvalue weighted by atomic mass is 10.2. The number of carbonyl (C=O) groups is 1. The predicted molar refractivity (Wildman–Crippen MR) is 84.3 cm³/mol. The Morgan fingerprint density at radius 1 is 1.10 bits per heavy atom. The first-order chi connectivity index (χ1) is 9.66. The predicted octanol–water partition coefficient (Wildman–Crippen LogP) is 2.57. The Bertz CT molecular complexity index is 420. The van der Waals surface area contributed by atoms with Gasteiger partial charge < -0.3 is 15.1 Å². The second kappa shape index (κ2) is 7.17. The summed E-state index contributed by atoms with van der Waals surface area (Å²) in [6.07, 6.45) is 4.79. The van der Waals surface area contributed by atoms with E-state index < -0.39 is 0 Å². The summed E-state index contributed by atoms with van der Waals surface area (Å²) in [5, 5.41) is 3.22. The van der Waals surface area contributed by atoms with Gasteiger partial charge in [0, 0.05) is 38.6 Å². The highest BCUT2D eigenvalue weighted by Gasteiger charge is 2.14. The van der Waals surface area contributed by atoms with E-state index in [2.05, 4.69) is 22.3 Å². The molecule has 1 saturated heterocycles. The summed E-state index contributed by atoms with van der Waals surface area (Å²) in [7, 11) is 4.04. The molecule has 1 fully saturated rings. The Labute approximate surface area is 121 Å². The smallest absolute Gasteiger partial charge is 0.241 e. The molecule has 0 unspecified atom stereocenters. The van der Waals surface area contributed by atoms with Crippen LogP contribution in [0.25, 0.3) is 0 Å². The second-order valence-corrected chi connectivity index (χ2v) is 5.59. The van der Waals surface area contributed by atoms with E-state index in [9.17, 15) is 4.79 Å². The second-order valence-electron chi connectivity index (χ2n) is 5.59. The summed E-state index contributed by atoms with van der Waals surface area (Å²) in [4.78, 5) is 16.2. The topological polar surface area (TPSA) is 35.6 Å². The molecule has 1 aliphatic heterocycles. The molecule has 0 atom stereocenters. The first-order valence-corrected chi connectivity index (χ1v) is 7.46. The van der Waals surface area contributed by atoms with Gasteiger partial charge in [-0.2, -0.15) is 0 Å². The van der Waals surface area contributed by atoms with Crippen LogP contribution in [0.5, 0.6) is 0 Å². The van der Waals surface area contributed by atoms with Gasteiger partial charge in [0.05, 0.1) is 6.54 Å². The van der Waals surface area contributed by atoms with Crippen LogP contribution in [0.2, 0.25) is 0 Å². The van der Waals surface area contributed by atoms with Crippen molar-refractivity contribution in [2.75, 3.05) is 43.9 Å². The van der Waals surface area contributed by atoms with Gasteiger partial charge in [-0.3, -0.25) is 4.79 Å².